The maximum Gasteiger partial charge on any atom is 0.0724 e. The van der Waals surface area contributed by atoms with E-state index in [2.05, 4.69) is 17.1 Å². The van der Waals surface area contributed by atoms with Crippen molar-refractivity contribution in [2.75, 3.05) is 40.3 Å². The van der Waals surface area contributed by atoms with Crippen LogP contribution in [0.4, 0.5) is 0 Å². The number of piperidine rings is 1. The fraction of sp³-hybridized carbons (Fsp3) is 1.00. The lowest BCUT2D eigenvalue weighted by atomic mass is 9.95. The summed E-state index contributed by atoms with van der Waals surface area (Å²) in [4.78, 5) is 2.56. The van der Waals surface area contributed by atoms with Crippen LogP contribution in [0, 0.1) is 5.92 Å². The Morgan fingerprint density at radius 2 is 2.12 bits per heavy atom. The van der Waals surface area contributed by atoms with Crippen LogP contribution in [0.1, 0.15) is 32.6 Å². The highest BCUT2D eigenvalue weighted by Crippen LogP contribution is 2.19. The van der Waals surface area contributed by atoms with Gasteiger partial charge in [-0.05, 0) is 51.9 Å². The lowest BCUT2D eigenvalue weighted by Gasteiger charge is -2.36. The lowest BCUT2D eigenvalue weighted by molar-refractivity contribution is -0.00524. The molecule has 0 aromatic carbocycles. The summed E-state index contributed by atoms with van der Waals surface area (Å²) in [5.74, 6) is 0.727. The molecule has 0 spiro atoms. The van der Waals surface area contributed by atoms with Gasteiger partial charge in [-0.1, -0.05) is 13.3 Å². The first kappa shape index (κ1) is 13.9. The topological polar surface area (TPSA) is 24.5 Å². The first-order chi connectivity index (χ1) is 7.77. The number of rotatable bonds is 7. The van der Waals surface area contributed by atoms with Gasteiger partial charge in [0.05, 0.1) is 6.10 Å². The van der Waals surface area contributed by atoms with Gasteiger partial charge < -0.3 is 15.0 Å². The molecule has 0 aliphatic carbocycles. The zero-order chi connectivity index (χ0) is 11.8. The monoisotopic (exact) mass is 228 g/mol. The molecule has 0 radical (unpaired) electrons. The van der Waals surface area contributed by atoms with Gasteiger partial charge in [0.1, 0.15) is 0 Å². The van der Waals surface area contributed by atoms with Crippen molar-refractivity contribution in [2.24, 2.45) is 5.92 Å². The maximum absolute atomic E-state index is 5.53. The highest BCUT2D eigenvalue weighted by Gasteiger charge is 2.25. The van der Waals surface area contributed by atoms with Gasteiger partial charge in [0.15, 0.2) is 0 Å². The number of unbranched alkanes of at least 4 members (excludes halogenated alkanes) is 2. The third-order valence-corrected chi connectivity index (χ3v) is 3.68. The first-order valence-electron chi connectivity index (χ1n) is 6.67. The first-order valence-corrected chi connectivity index (χ1v) is 6.67. The average molecular weight is 228 g/mol. The van der Waals surface area contributed by atoms with Crippen molar-refractivity contribution in [1.29, 1.82) is 0 Å². The fourth-order valence-corrected chi connectivity index (χ4v) is 2.42. The van der Waals surface area contributed by atoms with E-state index in [9.17, 15) is 0 Å². The highest BCUT2D eigenvalue weighted by atomic mass is 16.5. The molecule has 1 fully saturated rings. The summed E-state index contributed by atoms with van der Waals surface area (Å²) in [6.07, 6.45) is 5.70. The molecule has 0 saturated carbocycles. The molecule has 1 N–H and O–H groups in total. The third kappa shape index (κ3) is 4.81. The lowest BCUT2D eigenvalue weighted by Crippen LogP contribution is -2.44. The molecule has 3 nitrogen and oxygen atoms in total. The SMILES string of the molecule is CNCCCCCN1CCC(C)C(OC)C1. The molecule has 3 heteroatoms. The van der Waals surface area contributed by atoms with Crippen molar-refractivity contribution >= 4 is 0 Å². The van der Waals surface area contributed by atoms with E-state index in [0.717, 1.165) is 19.0 Å². The van der Waals surface area contributed by atoms with E-state index in [0.29, 0.717) is 6.10 Å². The second-order valence-corrected chi connectivity index (χ2v) is 5.00. The molecule has 0 aromatic rings. The molecular formula is C13H28N2O. The van der Waals surface area contributed by atoms with E-state index in [1.165, 1.54) is 38.8 Å². The average Bonchev–Trinajstić information content (AvgIpc) is 2.31. The van der Waals surface area contributed by atoms with Crippen LogP contribution in [0.2, 0.25) is 0 Å². The second-order valence-electron chi connectivity index (χ2n) is 5.00. The van der Waals surface area contributed by atoms with Crippen LogP contribution in [-0.4, -0.2) is 51.3 Å². The maximum atomic E-state index is 5.53. The normalized spacial score (nSPS) is 27.2. The second kappa shape index (κ2) is 8.04. The number of ether oxygens (including phenoxy) is 1. The van der Waals surface area contributed by atoms with Crippen LogP contribution in [0.15, 0.2) is 0 Å². The molecule has 2 atom stereocenters. The smallest absolute Gasteiger partial charge is 0.0724 e. The molecule has 2 unspecified atom stereocenters. The van der Waals surface area contributed by atoms with E-state index < -0.39 is 0 Å². The van der Waals surface area contributed by atoms with Gasteiger partial charge in [-0.3, -0.25) is 0 Å². The van der Waals surface area contributed by atoms with Crippen molar-refractivity contribution in [3.8, 4) is 0 Å². The van der Waals surface area contributed by atoms with Crippen LogP contribution in [-0.2, 0) is 4.74 Å². The molecule has 0 aromatic heterocycles. The molecule has 0 amide bonds. The number of likely N-dealkylation sites (tertiary alicyclic amines) is 1. The molecule has 1 heterocycles. The summed E-state index contributed by atoms with van der Waals surface area (Å²) in [6, 6.07) is 0. The van der Waals surface area contributed by atoms with Crippen molar-refractivity contribution < 1.29 is 4.74 Å². The van der Waals surface area contributed by atoms with Crippen molar-refractivity contribution in [3.63, 3.8) is 0 Å². The Kier molecular flexibility index (Phi) is 7.01. The molecule has 1 aliphatic heterocycles. The Bertz CT molecular complexity index is 175. The minimum atomic E-state index is 0.450. The Labute approximate surface area is 101 Å². The summed E-state index contributed by atoms with van der Waals surface area (Å²) in [5.41, 5.74) is 0. The van der Waals surface area contributed by atoms with E-state index in [1.54, 1.807) is 0 Å². The number of hydrogen-bond donors (Lipinski definition) is 1. The molecule has 0 bridgehead atoms. The van der Waals surface area contributed by atoms with Crippen LogP contribution >= 0.6 is 0 Å². The summed E-state index contributed by atoms with van der Waals surface area (Å²) in [6.45, 7) is 7.09. The van der Waals surface area contributed by atoms with Crippen LogP contribution in [0.3, 0.4) is 0 Å². The Balaban J connectivity index is 2.08. The minimum absolute atomic E-state index is 0.450. The van der Waals surface area contributed by atoms with E-state index in [4.69, 9.17) is 4.74 Å². The third-order valence-electron chi connectivity index (χ3n) is 3.68. The van der Waals surface area contributed by atoms with Crippen LogP contribution < -0.4 is 5.32 Å². The molecule has 1 saturated heterocycles. The summed E-state index contributed by atoms with van der Waals surface area (Å²) < 4.78 is 5.53. The molecular weight excluding hydrogens is 200 g/mol. The summed E-state index contributed by atoms with van der Waals surface area (Å²) in [7, 11) is 3.87. The van der Waals surface area contributed by atoms with Gasteiger partial charge in [-0.25, -0.2) is 0 Å². The van der Waals surface area contributed by atoms with Crippen LogP contribution in [0.25, 0.3) is 0 Å². The molecule has 96 valence electrons. The Hall–Kier alpha value is -0.120. The van der Waals surface area contributed by atoms with Gasteiger partial charge in [-0.15, -0.1) is 0 Å². The van der Waals surface area contributed by atoms with Gasteiger partial charge in [0.2, 0.25) is 0 Å². The predicted molar refractivity (Wildman–Crippen MR) is 68.8 cm³/mol. The van der Waals surface area contributed by atoms with Crippen LogP contribution in [0.5, 0.6) is 0 Å². The van der Waals surface area contributed by atoms with E-state index >= 15 is 0 Å². The van der Waals surface area contributed by atoms with E-state index in [1.807, 2.05) is 14.2 Å². The molecule has 16 heavy (non-hydrogen) atoms. The van der Waals surface area contributed by atoms with Gasteiger partial charge in [0, 0.05) is 13.7 Å². The number of hydrogen-bond acceptors (Lipinski definition) is 3. The summed E-state index contributed by atoms with van der Waals surface area (Å²) in [5, 5.41) is 3.19. The van der Waals surface area contributed by atoms with Crippen molar-refractivity contribution in [1.82, 2.24) is 10.2 Å². The number of nitrogens with zero attached hydrogens (tertiary/aromatic N) is 1. The zero-order valence-corrected chi connectivity index (χ0v) is 11.2. The van der Waals surface area contributed by atoms with Crippen molar-refractivity contribution in [3.05, 3.63) is 0 Å². The molecule has 1 rings (SSSR count). The summed E-state index contributed by atoms with van der Waals surface area (Å²) >= 11 is 0. The van der Waals surface area contributed by atoms with Gasteiger partial charge in [0.25, 0.3) is 0 Å². The van der Waals surface area contributed by atoms with E-state index in [-0.39, 0.29) is 0 Å². The largest absolute Gasteiger partial charge is 0.380 e. The van der Waals surface area contributed by atoms with Gasteiger partial charge >= 0.3 is 0 Å². The van der Waals surface area contributed by atoms with Gasteiger partial charge in [-0.2, -0.15) is 0 Å². The number of methoxy groups -OCH3 is 1. The minimum Gasteiger partial charge on any atom is -0.380 e. The Morgan fingerprint density at radius 3 is 2.81 bits per heavy atom. The molecule has 1 aliphatic rings. The zero-order valence-electron chi connectivity index (χ0n) is 11.2. The Morgan fingerprint density at radius 1 is 1.31 bits per heavy atom. The van der Waals surface area contributed by atoms with Crippen molar-refractivity contribution in [2.45, 2.75) is 38.7 Å². The fourth-order valence-electron chi connectivity index (χ4n) is 2.42. The predicted octanol–water partition coefficient (Wildman–Crippen LogP) is 1.73. The highest BCUT2D eigenvalue weighted by molar-refractivity contribution is 4.78. The quantitative estimate of drug-likeness (QED) is 0.672. The number of nitrogens with one attached hydrogen (secondary N) is 1. The standard InChI is InChI=1S/C13H28N2O/c1-12-7-10-15(11-13(12)16-3)9-6-4-5-8-14-2/h12-14H,4-11H2,1-3H3.